The van der Waals surface area contributed by atoms with Crippen molar-refractivity contribution in [1.29, 1.82) is 0 Å². The Morgan fingerprint density at radius 1 is 0.627 bits per heavy atom. The number of likely N-dealkylation sites (tertiary alicyclic amines) is 1. The van der Waals surface area contributed by atoms with Crippen LogP contribution in [0.25, 0.3) is 0 Å². The highest BCUT2D eigenvalue weighted by Crippen LogP contribution is 2.39. The molecular weight excluding hydrogens is 1340 g/mol. The SMILES string of the molecule is CC[C@H](C)[C@@H]1NC(=O)[C@H](CC(C)C)N(C)C(=O)C[C@@H](C(=O)N2CCC(C)CC2)N(C)C(=O)[C@H](C2CCCCC2)N(C)C(=O)C2(CCCC2)NC(=O)C2CCCN2C(=O)[C@H](CCc2ccc(C(F)(F)F)c(Cl)c2)NC(=O)CN(C)C(=O)[C@H](CC2CCCCC2)N(C)C(=O)CN(C)C(=O)CN(C)C1=O. The molecule has 12 amide bonds. The van der Waals surface area contributed by atoms with Crippen LogP contribution in [-0.2, 0) is 70.1 Å². The molecule has 28 heteroatoms. The third-order valence-electron chi connectivity index (χ3n) is 22.8. The number of hydrogen-bond acceptors (Lipinski definition) is 12. The smallest absolute Gasteiger partial charge is 0.343 e. The lowest BCUT2D eigenvalue weighted by Gasteiger charge is -2.43. The van der Waals surface area contributed by atoms with Crippen molar-refractivity contribution in [3.63, 3.8) is 0 Å². The van der Waals surface area contributed by atoms with Crippen molar-refractivity contribution < 1.29 is 70.7 Å². The Labute approximate surface area is 605 Å². The second-order valence-corrected chi connectivity index (χ2v) is 31.2. The third kappa shape index (κ3) is 20.7. The van der Waals surface area contributed by atoms with Gasteiger partial charge in [-0.05, 0) is 124 Å². The standard InChI is InChI=1S/C74H114ClF3N12O12/c1-13-48(5)63-70(100)84(8)44-61(93)82(6)45-62(94)86(10)57(41-49-23-16-14-17-24-49)68(98)83(7)43-59(91)79-54(31-29-50-28-30-52(53(75)40-50)74(76,77)78)67(97)90-36-22-27-55(90)66(96)81-73(34-20-21-35-73)72(102)88(12)64(51-25-18-15-19-26-51)71(101)87(11)58(69(99)89-37-32-47(4)33-38-89)42-60(92)85(9)56(39-46(2)3)65(95)80-63/h28,30,40,46-49,51,54-58,63-64H,13-27,29,31-39,41-45H2,1-12H3,(H,79,91)(H,80,95)(H,81,96)/t48-,54-,55?,56-,57-,58-,63-,64-/m0/s1. The average molecular weight is 1460 g/mol. The van der Waals surface area contributed by atoms with Crippen LogP contribution in [-0.4, -0.2) is 251 Å². The van der Waals surface area contributed by atoms with Crippen molar-refractivity contribution in [1.82, 2.24) is 60.0 Å². The van der Waals surface area contributed by atoms with E-state index in [1.807, 2.05) is 20.8 Å². The summed E-state index contributed by atoms with van der Waals surface area (Å²) >= 11 is 6.17. The molecule has 24 nitrogen and oxygen atoms in total. The van der Waals surface area contributed by atoms with Gasteiger partial charge in [-0.25, -0.2) is 0 Å². The quantitative estimate of drug-likeness (QED) is 0.210. The number of carbonyl (C=O) groups excluding carboxylic acids is 12. The predicted octanol–water partition coefficient (Wildman–Crippen LogP) is 6.67. The summed E-state index contributed by atoms with van der Waals surface area (Å²) in [6.07, 6.45) is 6.20. The van der Waals surface area contributed by atoms with Crippen LogP contribution in [0.1, 0.15) is 193 Å². The fourth-order valence-electron chi connectivity index (χ4n) is 16.0. The van der Waals surface area contributed by atoms with Crippen LogP contribution < -0.4 is 16.0 Å². The molecule has 0 bridgehead atoms. The van der Waals surface area contributed by atoms with Crippen molar-refractivity contribution >= 4 is 82.5 Å². The molecule has 3 aliphatic heterocycles. The monoisotopic (exact) mass is 1450 g/mol. The van der Waals surface area contributed by atoms with Gasteiger partial charge in [0.25, 0.3) is 0 Å². The van der Waals surface area contributed by atoms with Gasteiger partial charge in [0, 0.05) is 69.0 Å². The second kappa shape index (κ2) is 36.6. The van der Waals surface area contributed by atoms with Crippen LogP contribution in [0.4, 0.5) is 13.2 Å². The molecule has 1 aromatic carbocycles. The number of alkyl halides is 3. The van der Waals surface area contributed by atoms with Gasteiger partial charge in [0.05, 0.1) is 36.6 Å². The summed E-state index contributed by atoms with van der Waals surface area (Å²) in [5.41, 5.74) is -2.34. The minimum Gasteiger partial charge on any atom is -0.343 e. The van der Waals surface area contributed by atoms with Crippen molar-refractivity contribution in [3.8, 4) is 0 Å². The van der Waals surface area contributed by atoms with Gasteiger partial charge in [-0.1, -0.05) is 123 Å². The molecule has 3 N–H and O–H groups in total. The summed E-state index contributed by atoms with van der Waals surface area (Å²) in [6.45, 7) is 8.53. The molecule has 6 aliphatic rings. The molecule has 6 fully saturated rings. The zero-order valence-electron chi connectivity index (χ0n) is 62.3. The number of nitrogens with one attached hydrogen (secondary N) is 3. The first-order chi connectivity index (χ1) is 48.1. The number of amides is 12. The van der Waals surface area contributed by atoms with Gasteiger partial charge in [-0.15, -0.1) is 0 Å². The predicted molar refractivity (Wildman–Crippen MR) is 378 cm³/mol. The van der Waals surface area contributed by atoms with Crippen LogP contribution in [0.2, 0.25) is 5.02 Å². The Hall–Kier alpha value is -7.06. The van der Waals surface area contributed by atoms with E-state index in [9.17, 15) is 41.9 Å². The zero-order valence-corrected chi connectivity index (χ0v) is 63.1. The van der Waals surface area contributed by atoms with Gasteiger partial charge in [0.2, 0.25) is 70.9 Å². The van der Waals surface area contributed by atoms with E-state index in [2.05, 4.69) is 22.9 Å². The first-order valence-electron chi connectivity index (χ1n) is 37.2. The molecule has 3 saturated heterocycles. The fraction of sp³-hybridized carbons (Fsp3) is 0.757. The molecular formula is C74H114ClF3N12O12. The Morgan fingerprint density at radius 2 is 1.23 bits per heavy atom. The van der Waals surface area contributed by atoms with Crippen LogP contribution in [0.5, 0.6) is 0 Å². The minimum absolute atomic E-state index is 0.0191. The fourth-order valence-corrected chi connectivity index (χ4v) is 16.3. The number of carbonyl (C=O) groups is 12. The molecule has 0 radical (unpaired) electrons. The molecule has 0 aromatic heterocycles. The summed E-state index contributed by atoms with van der Waals surface area (Å²) < 4.78 is 41.7. The lowest BCUT2D eigenvalue weighted by Crippen LogP contribution is -2.65. The molecule has 3 saturated carbocycles. The maximum Gasteiger partial charge on any atom is 0.417 e. The van der Waals surface area contributed by atoms with E-state index >= 15 is 28.8 Å². The lowest BCUT2D eigenvalue weighted by molar-refractivity contribution is -0.157. The normalized spacial score (nSPS) is 26.9. The molecule has 102 heavy (non-hydrogen) atoms. The first kappa shape index (κ1) is 82.2. The number of likely N-dealkylation sites (N-methyl/N-ethyl adjacent to an activating group) is 7. The van der Waals surface area contributed by atoms with Crippen molar-refractivity contribution in [2.24, 2.45) is 29.6 Å². The molecule has 8 atom stereocenters. The van der Waals surface area contributed by atoms with E-state index in [0.29, 0.717) is 75.9 Å². The summed E-state index contributed by atoms with van der Waals surface area (Å²) in [6, 6.07) is -5.54. The summed E-state index contributed by atoms with van der Waals surface area (Å²) in [4.78, 5) is 192. The summed E-state index contributed by atoms with van der Waals surface area (Å²) in [5.74, 6) is -8.39. The van der Waals surface area contributed by atoms with Crippen LogP contribution in [0, 0.1) is 29.6 Å². The number of rotatable bonds is 11. The van der Waals surface area contributed by atoms with E-state index in [1.54, 1.807) is 11.8 Å². The van der Waals surface area contributed by atoms with E-state index < -0.39 is 173 Å². The second-order valence-electron chi connectivity index (χ2n) is 30.8. The highest BCUT2D eigenvalue weighted by Gasteiger charge is 2.52. The highest BCUT2D eigenvalue weighted by atomic mass is 35.5. The van der Waals surface area contributed by atoms with Crippen molar-refractivity contribution in [3.05, 3.63) is 34.3 Å². The number of fused-ring (bicyclic) bond motifs is 1. The van der Waals surface area contributed by atoms with Gasteiger partial charge in [0.1, 0.15) is 47.8 Å². The molecule has 570 valence electrons. The number of halogens is 4. The summed E-state index contributed by atoms with van der Waals surface area (Å²) in [5, 5.41) is 8.21. The lowest BCUT2D eigenvalue weighted by atomic mass is 9.81. The molecule has 3 aliphatic carbocycles. The Balaban J connectivity index is 1.29. The van der Waals surface area contributed by atoms with Gasteiger partial charge in [-0.3, -0.25) is 57.5 Å². The van der Waals surface area contributed by atoms with Gasteiger partial charge in [0.15, 0.2) is 0 Å². The Bertz CT molecular complexity index is 3170. The minimum atomic E-state index is -4.76. The maximum absolute atomic E-state index is 15.9. The molecule has 1 spiro atoms. The Kier molecular flexibility index (Phi) is 29.5. The van der Waals surface area contributed by atoms with E-state index in [1.165, 1.54) is 79.9 Å². The van der Waals surface area contributed by atoms with Crippen molar-refractivity contribution in [2.75, 3.05) is 88.6 Å². The number of nitrogens with zero attached hydrogens (tertiary/aromatic N) is 9. The van der Waals surface area contributed by atoms with Gasteiger partial charge >= 0.3 is 6.18 Å². The van der Waals surface area contributed by atoms with E-state index in [4.69, 9.17) is 11.6 Å². The van der Waals surface area contributed by atoms with Crippen LogP contribution in [0.3, 0.4) is 0 Å². The topological polar surface area (TPSA) is 270 Å². The van der Waals surface area contributed by atoms with E-state index in [0.717, 1.165) is 78.2 Å². The van der Waals surface area contributed by atoms with Crippen LogP contribution >= 0.6 is 11.6 Å². The van der Waals surface area contributed by atoms with E-state index in [-0.39, 0.29) is 63.3 Å². The molecule has 1 aromatic rings. The largest absolute Gasteiger partial charge is 0.417 e. The highest BCUT2D eigenvalue weighted by molar-refractivity contribution is 6.31. The van der Waals surface area contributed by atoms with Gasteiger partial charge < -0.3 is 60.0 Å². The maximum atomic E-state index is 15.9. The zero-order chi connectivity index (χ0) is 75.2. The molecule has 3 heterocycles. The first-order valence-corrected chi connectivity index (χ1v) is 37.6. The third-order valence-corrected chi connectivity index (χ3v) is 23.1. The number of piperidine rings is 1. The number of hydrogen-bond donors (Lipinski definition) is 3. The Morgan fingerprint density at radius 3 is 1.82 bits per heavy atom. The number of aryl methyl sites for hydroxylation is 1. The summed E-state index contributed by atoms with van der Waals surface area (Å²) in [7, 11) is 10.0. The van der Waals surface area contributed by atoms with Crippen molar-refractivity contribution in [2.45, 2.75) is 243 Å². The molecule has 1 unspecified atom stereocenters. The number of benzene rings is 1. The van der Waals surface area contributed by atoms with Crippen LogP contribution in [0.15, 0.2) is 18.2 Å². The average Bonchev–Trinajstić information content (AvgIpc) is 1.42. The van der Waals surface area contributed by atoms with Gasteiger partial charge in [-0.2, -0.15) is 13.2 Å². The molecule has 7 rings (SSSR count).